The second kappa shape index (κ2) is 15.2. The van der Waals surface area contributed by atoms with Gasteiger partial charge < -0.3 is 35.8 Å². The minimum Gasteiger partial charge on any atom is -0.473 e. The summed E-state index contributed by atoms with van der Waals surface area (Å²) in [5, 5.41) is 28.3. The van der Waals surface area contributed by atoms with E-state index < -0.39 is 5.41 Å². The molecule has 4 heterocycles. The molecular formula is C35H47N11O3S. The Hall–Kier alpha value is -4.49. The van der Waals surface area contributed by atoms with E-state index in [1.54, 1.807) is 19.4 Å². The number of nitrogen functional groups attached to an aromatic ring is 1. The van der Waals surface area contributed by atoms with Gasteiger partial charge in [0.15, 0.2) is 17.3 Å². The third kappa shape index (κ3) is 7.06. The van der Waals surface area contributed by atoms with Gasteiger partial charge in [-0.15, -0.1) is 11.3 Å². The SMILES string of the molecule is COCCCN(N)/C=C(\N)C(=N)/C=C\Nc1cc(O[C@@H](C)[C@@H]2CCCN2C)nc(-c2noc3c2CCC[C@@]32CCCc3sc(N)c(C#N)c32)n1. The van der Waals surface area contributed by atoms with E-state index in [4.69, 9.17) is 46.7 Å². The van der Waals surface area contributed by atoms with Gasteiger partial charge in [-0.05, 0) is 89.9 Å². The van der Waals surface area contributed by atoms with Crippen molar-refractivity contribution < 1.29 is 14.0 Å². The van der Waals surface area contributed by atoms with Gasteiger partial charge in [0.25, 0.3) is 0 Å². The first-order valence-corrected chi connectivity index (χ1v) is 18.0. The Labute approximate surface area is 296 Å². The highest BCUT2D eigenvalue weighted by atomic mass is 32.1. The van der Waals surface area contributed by atoms with Gasteiger partial charge in [0.1, 0.15) is 23.0 Å². The van der Waals surface area contributed by atoms with Crippen LogP contribution in [0.5, 0.6) is 5.88 Å². The molecule has 14 nitrogen and oxygen atoms in total. The number of hydrogen-bond donors (Lipinski definition) is 5. The number of aryl methyl sites for hydroxylation is 1. The van der Waals surface area contributed by atoms with Crippen molar-refractivity contribution in [1.82, 2.24) is 25.0 Å². The number of fused-ring (bicyclic) bond motifs is 4. The van der Waals surface area contributed by atoms with E-state index in [-0.39, 0.29) is 23.6 Å². The monoisotopic (exact) mass is 701 g/mol. The van der Waals surface area contributed by atoms with E-state index in [0.29, 0.717) is 46.9 Å². The number of nitrogens with one attached hydrogen (secondary N) is 2. The molecule has 0 aromatic carbocycles. The predicted molar refractivity (Wildman–Crippen MR) is 194 cm³/mol. The Morgan fingerprint density at radius 1 is 1.32 bits per heavy atom. The molecule has 1 saturated heterocycles. The van der Waals surface area contributed by atoms with E-state index in [1.165, 1.54) is 33.5 Å². The van der Waals surface area contributed by atoms with Crippen LogP contribution in [-0.4, -0.2) is 76.7 Å². The summed E-state index contributed by atoms with van der Waals surface area (Å²) in [5.74, 6) is 8.02. The highest BCUT2D eigenvalue weighted by molar-refractivity contribution is 7.16. The van der Waals surface area contributed by atoms with E-state index in [0.717, 1.165) is 81.2 Å². The van der Waals surface area contributed by atoms with Crippen LogP contribution in [0.3, 0.4) is 0 Å². The summed E-state index contributed by atoms with van der Waals surface area (Å²) in [6, 6.07) is 4.39. The highest BCUT2D eigenvalue weighted by Crippen LogP contribution is 2.55. The van der Waals surface area contributed by atoms with Gasteiger partial charge in [-0.1, -0.05) is 5.16 Å². The van der Waals surface area contributed by atoms with Crippen LogP contribution in [0, 0.1) is 16.7 Å². The summed E-state index contributed by atoms with van der Waals surface area (Å²) in [6.45, 7) is 4.22. The van der Waals surface area contributed by atoms with E-state index in [9.17, 15) is 5.26 Å². The minimum atomic E-state index is -0.457. The van der Waals surface area contributed by atoms with Crippen molar-refractivity contribution >= 4 is 27.9 Å². The summed E-state index contributed by atoms with van der Waals surface area (Å²) in [4.78, 5) is 13.2. The summed E-state index contributed by atoms with van der Waals surface area (Å²) in [6.07, 6.45) is 12.7. The summed E-state index contributed by atoms with van der Waals surface area (Å²) in [5.41, 5.74) is 15.4. The zero-order chi connectivity index (χ0) is 35.4. The van der Waals surface area contributed by atoms with Crippen molar-refractivity contribution in [2.24, 2.45) is 11.6 Å². The third-order valence-electron chi connectivity index (χ3n) is 10.1. The third-order valence-corrected chi connectivity index (χ3v) is 11.1. The van der Waals surface area contributed by atoms with Gasteiger partial charge in [-0.25, -0.2) is 10.8 Å². The van der Waals surface area contributed by atoms with Crippen molar-refractivity contribution in [1.29, 1.82) is 10.7 Å². The number of anilines is 2. The number of nitrogens with zero attached hydrogens (tertiary/aromatic N) is 6. The van der Waals surface area contributed by atoms with Crippen molar-refractivity contribution in [2.75, 3.05) is 44.9 Å². The van der Waals surface area contributed by atoms with Crippen molar-refractivity contribution in [3.8, 4) is 23.5 Å². The molecule has 3 aromatic heterocycles. The molecule has 1 fully saturated rings. The van der Waals surface area contributed by atoms with Crippen molar-refractivity contribution in [3.05, 3.63) is 57.6 Å². The molecular weight excluding hydrogens is 655 g/mol. The Bertz CT molecular complexity index is 1810. The van der Waals surface area contributed by atoms with Gasteiger partial charge in [-0.2, -0.15) is 10.2 Å². The Kier molecular flexibility index (Phi) is 10.7. The number of allylic oxidation sites excluding steroid dienone is 1. The van der Waals surface area contributed by atoms with E-state index >= 15 is 0 Å². The summed E-state index contributed by atoms with van der Waals surface area (Å²) >= 11 is 1.52. The topological polar surface area (TPSA) is 214 Å². The number of nitrogens with two attached hydrogens (primary N) is 3. The smallest absolute Gasteiger partial charge is 0.219 e. The first-order valence-electron chi connectivity index (χ1n) is 17.2. The number of likely N-dealkylation sites (tertiary alicyclic amines) is 1. The fraction of sp³-hybridized carbons (Fsp3) is 0.514. The van der Waals surface area contributed by atoms with Crippen LogP contribution < -0.4 is 27.4 Å². The van der Waals surface area contributed by atoms with Crippen LogP contribution >= 0.6 is 11.3 Å². The molecule has 1 spiro atoms. The average Bonchev–Trinajstić information content (AvgIpc) is 3.82. The van der Waals surface area contributed by atoms with Crippen molar-refractivity contribution in [3.63, 3.8) is 0 Å². The normalized spacial score (nSPS) is 21.2. The predicted octanol–water partition coefficient (Wildman–Crippen LogP) is 4.42. The quantitative estimate of drug-likeness (QED) is 0.0723. The van der Waals surface area contributed by atoms with Crippen LogP contribution in [0.2, 0.25) is 0 Å². The molecule has 266 valence electrons. The van der Waals surface area contributed by atoms with Crippen molar-refractivity contribution in [2.45, 2.75) is 82.3 Å². The first kappa shape index (κ1) is 35.3. The number of aromatic nitrogens is 3. The lowest BCUT2D eigenvalue weighted by molar-refractivity contribution is 0.117. The number of methoxy groups -OCH3 is 1. The van der Waals surface area contributed by atoms with Crippen LogP contribution in [0.1, 0.15) is 79.2 Å². The fourth-order valence-electron chi connectivity index (χ4n) is 7.69. The second-order valence-corrected chi connectivity index (χ2v) is 14.5. The van der Waals surface area contributed by atoms with E-state index in [2.05, 4.69) is 35.4 Å². The molecule has 2 aliphatic carbocycles. The number of likely N-dealkylation sites (N-methyl/N-ethyl adjacent to an activating group) is 1. The Balaban J connectivity index is 1.31. The van der Waals surface area contributed by atoms with Crippen LogP contribution in [0.4, 0.5) is 10.8 Å². The van der Waals surface area contributed by atoms with Gasteiger partial charge in [0.2, 0.25) is 5.88 Å². The number of hydrogen-bond acceptors (Lipinski definition) is 15. The molecule has 0 bridgehead atoms. The lowest BCUT2D eigenvalue weighted by Gasteiger charge is -2.39. The molecule has 3 aromatic rings. The Morgan fingerprint density at radius 2 is 2.12 bits per heavy atom. The van der Waals surface area contributed by atoms with Gasteiger partial charge >= 0.3 is 0 Å². The minimum absolute atomic E-state index is 0.0804. The fourth-order valence-corrected chi connectivity index (χ4v) is 8.85. The van der Waals surface area contributed by atoms with Gasteiger partial charge in [0.05, 0.1) is 22.4 Å². The molecule has 1 aliphatic heterocycles. The maximum Gasteiger partial charge on any atom is 0.219 e. The molecule has 3 atom stereocenters. The maximum atomic E-state index is 10.1. The van der Waals surface area contributed by atoms with Crippen LogP contribution in [0.15, 0.2) is 34.8 Å². The lowest BCUT2D eigenvalue weighted by Crippen LogP contribution is -2.38. The summed E-state index contributed by atoms with van der Waals surface area (Å²) < 4.78 is 17.8. The number of thiophene rings is 1. The summed E-state index contributed by atoms with van der Waals surface area (Å²) in [7, 11) is 3.75. The first-order chi connectivity index (χ1) is 24.1. The molecule has 6 rings (SSSR count). The largest absolute Gasteiger partial charge is 0.473 e. The number of nitriles is 1. The van der Waals surface area contributed by atoms with E-state index in [1.807, 2.05) is 0 Å². The molecule has 8 N–H and O–H groups in total. The number of ether oxygens (including phenoxy) is 2. The lowest BCUT2D eigenvalue weighted by atomic mass is 9.63. The molecule has 0 saturated carbocycles. The van der Waals surface area contributed by atoms with Crippen LogP contribution in [0.25, 0.3) is 11.5 Å². The molecule has 0 amide bonds. The van der Waals surface area contributed by atoms with Crippen LogP contribution in [-0.2, 0) is 23.0 Å². The zero-order valence-electron chi connectivity index (χ0n) is 29.0. The number of hydrazine groups is 1. The molecule has 15 heteroatoms. The highest BCUT2D eigenvalue weighted by Gasteiger charge is 2.48. The second-order valence-electron chi connectivity index (χ2n) is 13.4. The molecule has 0 radical (unpaired) electrons. The number of rotatable bonds is 13. The average molecular weight is 702 g/mol. The standard InChI is InChI=1S/C35H47N11O3S/c1-21(26-9-6-15-45(26)2)48-29-18-28(41-14-11-24(37)25(38)20-46(40)16-7-17-47-3)42-34(43-29)31-22-8-4-12-35(32(22)49-44-31)13-5-10-27-30(35)23(19-36)33(39)50-27/h11,14,18,20-21,26,37H,4-10,12-13,15-17,38-40H2,1-3H3,(H,41,42,43)/b14-11-,25-20-,37-24?/t21-,26-,35-/m0/s1. The molecule has 3 aliphatic rings. The Morgan fingerprint density at radius 3 is 2.86 bits per heavy atom. The zero-order valence-corrected chi connectivity index (χ0v) is 29.8. The van der Waals surface area contributed by atoms with Gasteiger partial charge in [0, 0.05) is 55.2 Å². The maximum absolute atomic E-state index is 10.1. The van der Waals surface area contributed by atoms with Gasteiger partial charge in [-0.3, -0.25) is 10.3 Å². The molecule has 0 unspecified atom stereocenters. The molecule has 50 heavy (non-hydrogen) atoms.